The molecule has 3 rings (SSSR count). The van der Waals surface area contributed by atoms with E-state index in [1.54, 1.807) is 12.1 Å². The maximum absolute atomic E-state index is 12.7. The van der Waals surface area contributed by atoms with Crippen molar-refractivity contribution in [3.8, 4) is 0 Å². The molecule has 0 fully saturated rings. The number of nitrogens with zero attached hydrogens (tertiary/aromatic N) is 3. The van der Waals surface area contributed by atoms with E-state index in [9.17, 15) is 9.59 Å². The lowest BCUT2D eigenvalue weighted by atomic mass is 10.1. The number of nitrogens with one attached hydrogen (secondary N) is 2. The number of rotatable bonds is 8. The van der Waals surface area contributed by atoms with Gasteiger partial charge in [-0.3, -0.25) is 9.59 Å². The van der Waals surface area contributed by atoms with E-state index < -0.39 is 6.04 Å². The quantitative estimate of drug-likeness (QED) is 0.307. The van der Waals surface area contributed by atoms with Gasteiger partial charge in [0, 0.05) is 21.7 Å². The van der Waals surface area contributed by atoms with Gasteiger partial charge in [0.15, 0.2) is 11.0 Å². The molecule has 0 aliphatic carbocycles. The van der Waals surface area contributed by atoms with Crippen LogP contribution in [0.3, 0.4) is 0 Å². The van der Waals surface area contributed by atoms with Gasteiger partial charge in [0.1, 0.15) is 0 Å². The van der Waals surface area contributed by atoms with E-state index in [4.69, 9.17) is 23.2 Å². The molecule has 0 radical (unpaired) electrons. The van der Waals surface area contributed by atoms with E-state index in [1.807, 2.05) is 44.4 Å². The molecule has 0 saturated carbocycles. The number of hydrogen-bond acceptors (Lipinski definition) is 5. The average Bonchev–Trinajstić information content (AvgIpc) is 3.17. The number of carbonyl (C=O) groups is 2. The number of carbonyl (C=O) groups excluding carboxylic acids is 2. The molecule has 0 spiro atoms. The summed E-state index contributed by atoms with van der Waals surface area (Å²) < 4.78 is 2.85. The molecule has 2 amide bonds. The van der Waals surface area contributed by atoms with E-state index in [0.717, 1.165) is 21.3 Å². The Morgan fingerprint density at radius 2 is 1.82 bits per heavy atom. The Kier molecular flexibility index (Phi) is 9.03. The fourth-order valence-corrected chi connectivity index (χ4v) is 5.44. The highest BCUT2D eigenvalue weighted by atomic mass is 79.9. The number of hydrogen-bond donors (Lipinski definition) is 2. The van der Waals surface area contributed by atoms with Crippen molar-refractivity contribution in [2.24, 2.45) is 0 Å². The van der Waals surface area contributed by atoms with Crippen molar-refractivity contribution in [2.45, 2.75) is 45.4 Å². The fraction of sp³-hybridized carbons (Fsp3) is 0.304. The summed E-state index contributed by atoms with van der Waals surface area (Å²) in [6.07, 6.45) is 0. The van der Waals surface area contributed by atoms with E-state index >= 15 is 0 Å². The molecule has 0 aliphatic rings. The maximum atomic E-state index is 12.7. The van der Waals surface area contributed by atoms with Crippen molar-refractivity contribution in [3.05, 3.63) is 67.4 Å². The third kappa shape index (κ3) is 6.33. The third-order valence-electron chi connectivity index (χ3n) is 5.07. The molecule has 0 unspecified atom stereocenters. The van der Waals surface area contributed by atoms with Crippen LogP contribution in [0.2, 0.25) is 10.0 Å². The lowest BCUT2D eigenvalue weighted by Gasteiger charge is -2.16. The second-order valence-electron chi connectivity index (χ2n) is 7.66. The van der Waals surface area contributed by atoms with Crippen molar-refractivity contribution < 1.29 is 9.59 Å². The summed E-state index contributed by atoms with van der Waals surface area (Å²) in [6, 6.07) is 8.20. The van der Waals surface area contributed by atoms with Gasteiger partial charge in [0.2, 0.25) is 5.91 Å². The van der Waals surface area contributed by atoms with E-state index in [1.165, 1.54) is 17.8 Å². The zero-order valence-corrected chi connectivity index (χ0v) is 23.0. The number of benzene rings is 2. The first-order chi connectivity index (χ1) is 16.1. The van der Waals surface area contributed by atoms with Crippen LogP contribution in [-0.2, 0) is 11.3 Å². The second kappa shape index (κ2) is 11.6. The van der Waals surface area contributed by atoms with Gasteiger partial charge in [-0.05, 0) is 69.2 Å². The van der Waals surface area contributed by atoms with Gasteiger partial charge < -0.3 is 15.2 Å². The number of aryl methyl sites for hydroxylation is 2. The molecule has 1 heterocycles. The van der Waals surface area contributed by atoms with Crippen LogP contribution in [0, 0.1) is 13.8 Å². The van der Waals surface area contributed by atoms with Gasteiger partial charge in [-0.1, -0.05) is 50.9 Å². The lowest BCUT2D eigenvalue weighted by molar-refractivity contribution is -0.113. The van der Waals surface area contributed by atoms with Gasteiger partial charge in [0.25, 0.3) is 5.91 Å². The Balaban J connectivity index is 1.66. The first-order valence-electron chi connectivity index (χ1n) is 10.5. The van der Waals surface area contributed by atoms with Gasteiger partial charge >= 0.3 is 0 Å². The van der Waals surface area contributed by atoms with Crippen LogP contribution < -0.4 is 10.6 Å². The summed E-state index contributed by atoms with van der Waals surface area (Å²) in [6.45, 7) is 8.26. The second-order valence-corrected chi connectivity index (χ2v) is 10.4. The molecule has 180 valence electrons. The largest absolute Gasteiger partial charge is 0.342 e. The van der Waals surface area contributed by atoms with Gasteiger partial charge in [-0.25, -0.2) is 0 Å². The Labute approximate surface area is 221 Å². The van der Waals surface area contributed by atoms with Crippen LogP contribution in [0.25, 0.3) is 0 Å². The standard InChI is InChI=1S/C23H24BrCl2N5O2S/c1-5-31-21(14(4)27-22(33)17-7-6-16(25)10-18(17)26)29-30-23(31)34-11-19(32)28-20-12(2)8-15(24)9-13(20)3/h6-10,14H,5,11H2,1-4H3,(H,27,33)(H,28,32)/t14-/m1/s1. The van der Waals surface area contributed by atoms with E-state index in [0.29, 0.717) is 28.1 Å². The molecule has 0 saturated heterocycles. The SMILES string of the molecule is CCn1c(SCC(=O)Nc2c(C)cc(Br)cc2C)nnc1[C@@H](C)NC(=O)c1ccc(Cl)cc1Cl. The molecule has 7 nitrogen and oxygen atoms in total. The minimum Gasteiger partial charge on any atom is -0.342 e. The Morgan fingerprint density at radius 3 is 2.44 bits per heavy atom. The van der Waals surface area contributed by atoms with Crippen molar-refractivity contribution in [1.29, 1.82) is 0 Å². The van der Waals surface area contributed by atoms with Crippen molar-refractivity contribution in [3.63, 3.8) is 0 Å². The minimum atomic E-state index is -0.428. The highest BCUT2D eigenvalue weighted by Gasteiger charge is 2.21. The predicted octanol–water partition coefficient (Wildman–Crippen LogP) is 6.21. The first-order valence-corrected chi connectivity index (χ1v) is 13.0. The monoisotopic (exact) mass is 583 g/mol. The van der Waals surface area contributed by atoms with Gasteiger partial charge in [-0.15, -0.1) is 10.2 Å². The molecular weight excluding hydrogens is 561 g/mol. The Bertz CT molecular complexity index is 1210. The summed E-state index contributed by atoms with van der Waals surface area (Å²) in [5.74, 6) is 0.287. The summed E-state index contributed by atoms with van der Waals surface area (Å²) >= 11 is 16.8. The van der Waals surface area contributed by atoms with Gasteiger partial charge in [0.05, 0.1) is 22.4 Å². The summed E-state index contributed by atoms with van der Waals surface area (Å²) in [5.41, 5.74) is 3.10. The topological polar surface area (TPSA) is 88.9 Å². The maximum Gasteiger partial charge on any atom is 0.253 e. The number of anilines is 1. The van der Waals surface area contributed by atoms with Crippen molar-refractivity contribution >= 4 is 68.4 Å². The smallest absolute Gasteiger partial charge is 0.253 e. The molecular formula is C23H24BrCl2N5O2S. The molecule has 3 aromatic rings. The van der Waals surface area contributed by atoms with Crippen LogP contribution in [0.1, 0.15) is 47.2 Å². The van der Waals surface area contributed by atoms with Crippen LogP contribution in [0.15, 0.2) is 40.0 Å². The average molecular weight is 585 g/mol. The van der Waals surface area contributed by atoms with E-state index in [2.05, 4.69) is 36.8 Å². The molecule has 11 heteroatoms. The van der Waals surface area contributed by atoms with Crippen LogP contribution in [0.5, 0.6) is 0 Å². The molecule has 34 heavy (non-hydrogen) atoms. The number of halogens is 3. The van der Waals surface area contributed by atoms with E-state index in [-0.39, 0.29) is 22.6 Å². The predicted molar refractivity (Wildman–Crippen MR) is 141 cm³/mol. The molecule has 0 bridgehead atoms. The Morgan fingerprint density at radius 1 is 1.15 bits per heavy atom. The lowest BCUT2D eigenvalue weighted by Crippen LogP contribution is -2.29. The minimum absolute atomic E-state index is 0.135. The first kappa shape index (κ1) is 26.5. The zero-order valence-electron chi connectivity index (χ0n) is 19.1. The molecule has 0 aliphatic heterocycles. The zero-order chi connectivity index (χ0) is 25.0. The van der Waals surface area contributed by atoms with Crippen LogP contribution >= 0.6 is 50.9 Å². The summed E-state index contributed by atoms with van der Waals surface area (Å²) in [5, 5.41) is 15.7. The molecule has 2 N–H and O–H groups in total. The third-order valence-corrected chi connectivity index (χ3v) is 7.04. The summed E-state index contributed by atoms with van der Waals surface area (Å²) in [4.78, 5) is 25.3. The summed E-state index contributed by atoms with van der Waals surface area (Å²) in [7, 11) is 0. The number of thioether (sulfide) groups is 1. The van der Waals surface area contributed by atoms with Crippen LogP contribution in [-0.4, -0.2) is 32.3 Å². The molecule has 1 atom stereocenters. The van der Waals surface area contributed by atoms with Crippen molar-refractivity contribution in [2.75, 3.05) is 11.1 Å². The fourth-order valence-electron chi connectivity index (χ4n) is 3.45. The highest BCUT2D eigenvalue weighted by Crippen LogP contribution is 2.27. The Hall–Kier alpha value is -2.07. The molecule has 1 aromatic heterocycles. The normalized spacial score (nSPS) is 11.9. The van der Waals surface area contributed by atoms with Gasteiger partial charge in [-0.2, -0.15) is 0 Å². The van der Waals surface area contributed by atoms with Crippen LogP contribution in [0.4, 0.5) is 5.69 Å². The highest BCUT2D eigenvalue weighted by molar-refractivity contribution is 9.10. The molecule has 2 aromatic carbocycles. The number of aromatic nitrogens is 3. The number of amides is 2. The van der Waals surface area contributed by atoms with Crippen molar-refractivity contribution in [1.82, 2.24) is 20.1 Å².